The summed E-state index contributed by atoms with van der Waals surface area (Å²) >= 11 is 0. The van der Waals surface area contributed by atoms with Gasteiger partial charge < -0.3 is 14.9 Å². The first-order chi connectivity index (χ1) is 9.30. The summed E-state index contributed by atoms with van der Waals surface area (Å²) in [6.07, 6.45) is 2.96. The Bertz CT molecular complexity index is 577. The third-order valence-electron chi connectivity index (χ3n) is 3.69. The van der Waals surface area contributed by atoms with Gasteiger partial charge in [-0.25, -0.2) is 4.98 Å². The molecule has 0 bridgehead atoms. The Morgan fingerprint density at radius 1 is 1.47 bits per heavy atom. The number of hydrogen-bond donors (Lipinski definition) is 1. The summed E-state index contributed by atoms with van der Waals surface area (Å²) in [4.78, 5) is 4.62. The van der Waals surface area contributed by atoms with Gasteiger partial charge in [0.25, 0.3) is 0 Å². The SMILES string of the molecule is COc1cccc(-c2nc3c(o2)CCC(CN)C3)c1. The van der Waals surface area contributed by atoms with Crippen molar-refractivity contribution in [1.82, 2.24) is 4.98 Å². The fourth-order valence-electron chi connectivity index (χ4n) is 2.53. The average molecular weight is 258 g/mol. The summed E-state index contributed by atoms with van der Waals surface area (Å²) in [5, 5.41) is 0. The van der Waals surface area contributed by atoms with Crippen LogP contribution in [0.3, 0.4) is 0 Å². The molecule has 0 aliphatic heterocycles. The van der Waals surface area contributed by atoms with E-state index in [1.54, 1.807) is 7.11 Å². The van der Waals surface area contributed by atoms with Crippen molar-refractivity contribution in [2.24, 2.45) is 11.7 Å². The summed E-state index contributed by atoms with van der Waals surface area (Å²) in [6, 6.07) is 7.79. The fourth-order valence-corrected chi connectivity index (χ4v) is 2.53. The molecular formula is C15H18N2O2. The molecule has 1 aliphatic rings. The van der Waals surface area contributed by atoms with Crippen LogP contribution in [0.25, 0.3) is 11.5 Å². The number of hydrogen-bond acceptors (Lipinski definition) is 4. The summed E-state index contributed by atoms with van der Waals surface area (Å²) in [6.45, 7) is 0.723. The first-order valence-electron chi connectivity index (χ1n) is 6.63. The number of aryl methyl sites for hydroxylation is 1. The maximum atomic E-state index is 5.88. The molecule has 0 radical (unpaired) electrons. The highest BCUT2D eigenvalue weighted by Gasteiger charge is 2.23. The van der Waals surface area contributed by atoms with E-state index in [0.717, 1.165) is 48.6 Å². The average Bonchev–Trinajstić information content (AvgIpc) is 2.90. The van der Waals surface area contributed by atoms with Crippen LogP contribution >= 0.6 is 0 Å². The van der Waals surface area contributed by atoms with Crippen LogP contribution in [-0.2, 0) is 12.8 Å². The number of benzene rings is 1. The summed E-state index contributed by atoms with van der Waals surface area (Å²) < 4.78 is 11.1. The maximum absolute atomic E-state index is 5.88. The molecule has 0 amide bonds. The molecule has 100 valence electrons. The summed E-state index contributed by atoms with van der Waals surface area (Å²) in [7, 11) is 1.66. The van der Waals surface area contributed by atoms with E-state index < -0.39 is 0 Å². The molecule has 1 aromatic carbocycles. The van der Waals surface area contributed by atoms with E-state index in [1.807, 2.05) is 24.3 Å². The number of nitrogens with zero attached hydrogens (tertiary/aromatic N) is 1. The van der Waals surface area contributed by atoms with Gasteiger partial charge in [-0.05, 0) is 43.5 Å². The molecule has 0 saturated heterocycles. The largest absolute Gasteiger partial charge is 0.497 e. The molecule has 19 heavy (non-hydrogen) atoms. The van der Waals surface area contributed by atoms with E-state index in [2.05, 4.69) is 4.98 Å². The van der Waals surface area contributed by atoms with Crippen LogP contribution in [0.1, 0.15) is 17.9 Å². The second kappa shape index (κ2) is 5.05. The molecule has 3 rings (SSSR count). The van der Waals surface area contributed by atoms with Crippen LogP contribution in [0.15, 0.2) is 28.7 Å². The molecule has 1 aliphatic carbocycles. The van der Waals surface area contributed by atoms with Gasteiger partial charge in [0.05, 0.1) is 12.8 Å². The Morgan fingerprint density at radius 3 is 3.16 bits per heavy atom. The number of oxazole rings is 1. The minimum absolute atomic E-state index is 0.538. The van der Waals surface area contributed by atoms with E-state index in [4.69, 9.17) is 14.9 Å². The van der Waals surface area contributed by atoms with Crippen molar-refractivity contribution < 1.29 is 9.15 Å². The standard InChI is InChI=1S/C15H18N2O2/c1-18-12-4-2-3-11(8-12)15-17-13-7-10(9-16)5-6-14(13)19-15/h2-4,8,10H,5-7,9,16H2,1H3. The Labute approximate surface area is 112 Å². The molecular weight excluding hydrogens is 240 g/mol. The second-order valence-electron chi connectivity index (χ2n) is 4.97. The van der Waals surface area contributed by atoms with Crippen molar-refractivity contribution in [2.45, 2.75) is 19.3 Å². The maximum Gasteiger partial charge on any atom is 0.226 e. The highest BCUT2D eigenvalue weighted by molar-refractivity contribution is 5.56. The molecule has 1 atom stereocenters. The molecule has 1 aromatic heterocycles. The number of methoxy groups -OCH3 is 1. The van der Waals surface area contributed by atoms with Crippen molar-refractivity contribution in [3.8, 4) is 17.2 Å². The highest BCUT2D eigenvalue weighted by Crippen LogP contribution is 2.30. The van der Waals surface area contributed by atoms with Crippen LogP contribution in [0, 0.1) is 5.92 Å². The molecule has 1 unspecified atom stereocenters. The number of nitrogens with two attached hydrogens (primary N) is 1. The van der Waals surface area contributed by atoms with Gasteiger partial charge in [0, 0.05) is 12.0 Å². The van der Waals surface area contributed by atoms with Crippen LogP contribution in [0.4, 0.5) is 0 Å². The first kappa shape index (κ1) is 12.2. The van der Waals surface area contributed by atoms with Gasteiger partial charge in [0.2, 0.25) is 5.89 Å². The number of fused-ring (bicyclic) bond motifs is 1. The summed E-state index contributed by atoms with van der Waals surface area (Å²) in [5.74, 6) is 3.05. The molecule has 1 heterocycles. The normalized spacial score (nSPS) is 18.1. The van der Waals surface area contributed by atoms with E-state index >= 15 is 0 Å². The molecule has 4 nitrogen and oxygen atoms in total. The quantitative estimate of drug-likeness (QED) is 0.918. The fraction of sp³-hybridized carbons (Fsp3) is 0.400. The summed E-state index contributed by atoms with van der Waals surface area (Å²) in [5.41, 5.74) is 7.77. The zero-order valence-electron chi connectivity index (χ0n) is 11.1. The lowest BCUT2D eigenvalue weighted by atomic mass is 9.90. The zero-order valence-corrected chi connectivity index (χ0v) is 11.1. The lowest BCUT2D eigenvalue weighted by molar-refractivity contribution is 0.411. The van der Waals surface area contributed by atoms with Crippen molar-refractivity contribution in [1.29, 1.82) is 0 Å². The van der Waals surface area contributed by atoms with E-state index in [9.17, 15) is 0 Å². The number of ether oxygens (including phenoxy) is 1. The molecule has 2 N–H and O–H groups in total. The zero-order chi connectivity index (χ0) is 13.2. The predicted molar refractivity (Wildman–Crippen MR) is 73.1 cm³/mol. The van der Waals surface area contributed by atoms with Crippen molar-refractivity contribution in [3.63, 3.8) is 0 Å². The van der Waals surface area contributed by atoms with Crippen molar-refractivity contribution in [3.05, 3.63) is 35.7 Å². The van der Waals surface area contributed by atoms with E-state index in [0.29, 0.717) is 11.8 Å². The van der Waals surface area contributed by atoms with Gasteiger partial charge in [0.15, 0.2) is 0 Å². The lowest BCUT2D eigenvalue weighted by Crippen LogP contribution is -2.21. The minimum Gasteiger partial charge on any atom is -0.497 e. The lowest BCUT2D eigenvalue weighted by Gasteiger charge is -2.17. The van der Waals surface area contributed by atoms with Crippen LogP contribution < -0.4 is 10.5 Å². The molecule has 0 spiro atoms. The number of rotatable bonds is 3. The third-order valence-corrected chi connectivity index (χ3v) is 3.69. The first-order valence-corrected chi connectivity index (χ1v) is 6.63. The predicted octanol–water partition coefficient (Wildman–Crippen LogP) is 2.41. The monoisotopic (exact) mass is 258 g/mol. The smallest absolute Gasteiger partial charge is 0.226 e. The van der Waals surface area contributed by atoms with Crippen molar-refractivity contribution in [2.75, 3.05) is 13.7 Å². The van der Waals surface area contributed by atoms with Gasteiger partial charge in [-0.2, -0.15) is 0 Å². The molecule has 0 fully saturated rings. The molecule has 4 heteroatoms. The Morgan fingerprint density at radius 2 is 2.37 bits per heavy atom. The van der Waals surface area contributed by atoms with E-state index in [1.165, 1.54) is 0 Å². The molecule has 2 aromatic rings. The van der Waals surface area contributed by atoms with Crippen LogP contribution in [0.2, 0.25) is 0 Å². The third kappa shape index (κ3) is 2.36. The molecule has 0 saturated carbocycles. The van der Waals surface area contributed by atoms with Crippen LogP contribution in [-0.4, -0.2) is 18.6 Å². The number of aromatic nitrogens is 1. The van der Waals surface area contributed by atoms with Gasteiger partial charge in [-0.15, -0.1) is 0 Å². The Kier molecular flexibility index (Phi) is 3.25. The van der Waals surface area contributed by atoms with Gasteiger partial charge in [0.1, 0.15) is 11.5 Å². The Balaban J connectivity index is 1.92. The van der Waals surface area contributed by atoms with Gasteiger partial charge in [-0.3, -0.25) is 0 Å². The topological polar surface area (TPSA) is 61.3 Å². The second-order valence-corrected chi connectivity index (χ2v) is 4.97. The Hall–Kier alpha value is -1.81. The van der Waals surface area contributed by atoms with Gasteiger partial charge in [-0.1, -0.05) is 6.07 Å². The van der Waals surface area contributed by atoms with Crippen molar-refractivity contribution >= 4 is 0 Å². The minimum atomic E-state index is 0.538. The van der Waals surface area contributed by atoms with Crippen LogP contribution in [0.5, 0.6) is 5.75 Å². The highest BCUT2D eigenvalue weighted by atomic mass is 16.5. The van der Waals surface area contributed by atoms with E-state index in [-0.39, 0.29) is 0 Å². The van der Waals surface area contributed by atoms with Gasteiger partial charge >= 0.3 is 0 Å².